The number of benzene rings is 3. The molecular weight excluding hydrogens is 499 g/mol. The summed E-state index contributed by atoms with van der Waals surface area (Å²) in [5.74, 6) is -0.440. The van der Waals surface area contributed by atoms with E-state index in [1.807, 2.05) is 66.5 Å². The first-order valence-corrected chi connectivity index (χ1v) is 13.2. The number of likely N-dealkylation sites (N-methyl/N-ethyl adjacent to an activating group) is 1. The number of carbonyl (C=O) groups excluding carboxylic acids is 2. The number of hydrogen-bond donors (Lipinski definition) is 0. The smallest absolute Gasteiger partial charge is 0.350 e. The Morgan fingerprint density at radius 1 is 1.00 bits per heavy atom. The summed E-state index contributed by atoms with van der Waals surface area (Å²) in [6.07, 6.45) is 0.888. The summed E-state index contributed by atoms with van der Waals surface area (Å²) >= 11 is 0. The standard InChI is InChI=1S/C31H35FN2O5/c1-4-37-29(35)31(2,39-28-13-9-8-12-27(28)32)20-23-14-16-26(17-15-23)38-19-18-25-22-34(30(36)33(25)3)21-24-10-6-5-7-11-24/h5-17,25H,4,18-22H2,1-3H3/t25-,31+/m0/s1. The molecule has 7 nitrogen and oxygen atoms in total. The van der Waals surface area contributed by atoms with Crippen LogP contribution in [0.25, 0.3) is 0 Å². The minimum absolute atomic E-state index is 0.00861. The summed E-state index contributed by atoms with van der Waals surface area (Å²) in [7, 11) is 1.83. The van der Waals surface area contributed by atoms with Crippen molar-refractivity contribution in [1.82, 2.24) is 9.80 Å². The average Bonchev–Trinajstić information content (AvgIpc) is 3.19. The van der Waals surface area contributed by atoms with Crippen molar-refractivity contribution in [2.24, 2.45) is 0 Å². The second-order valence-corrected chi connectivity index (χ2v) is 9.86. The molecule has 4 rings (SSSR count). The lowest BCUT2D eigenvalue weighted by molar-refractivity contribution is -0.160. The number of para-hydroxylation sites is 1. The Bertz CT molecular complexity index is 1250. The summed E-state index contributed by atoms with van der Waals surface area (Å²) in [5, 5.41) is 0. The van der Waals surface area contributed by atoms with Crippen molar-refractivity contribution in [2.45, 2.75) is 44.9 Å². The fourth-order valence-electron chi connectivity index (χ4n) is 4.66. The van der Waals surface area contributed by atoms with Crippen LogP contribution in [0.4, 0.5) is 9.18 Å². The third-order valence-corrected chi connectivity index (χ3v) is 6.83. The maximum Gasteiger partial charge on any atom is 0.350 e. The Morgan fingerprint density at radius 3 is 2.38 bits per heavy atom. The number of halogens is 1. The lowest BCUT2D eigenvalue weighted by Gasteiger charge is -2.28. The average molecular weight is 535 g/mol. The van der Waals surface area contributed by atoms with Crippen LogP contribution in [0.15, 0.2) is 78.9 Å². The number of ether oxygens (including phenoxy) is 3. The molecule has 1 aliphatic heterocycles. The second-order valence-electron chi connectivity index (χ2n) is 9.86. The fourth-order valence-corrected chi connectivity index (χ4v) is 4.66. The first-order valence-electron chi connectivity index (χ1n) is 13.2. The quantitative estimate of drug-likeness (QED) is 0.288. The summed E-state index contributed by atoms with van der Waals surface area (Å²) in [6.45, 7) is 5.20. The Labute approximate surface area is 229 Å². The van der Waals surface area contributed by atoms with Gasteiger partial charge >= 0.3 is 12.0 Å². The van der Waals surface area contributed by atoms with Crippen LogP contribution < -0.4 is 9.47 Å². The SMILES string of the molecule is CCOC(=O)[C@@](C)(Cc1ccc(OCC[C@H]2CN(Cc3ccccc3)C(=O)N2C)cc1)Oc1ccccc1F. The van der Waals surface area contributed by atoms with Crippen LogP contribution in [0.2, 0.25) is 0 Å². The van der Waals surface area contributed by atoms with E-state index >= 15 is 0 Å². The third kappa shape index (κ3) is 7.07. The van der Waals surface area contributed by atoms with Crippen LogP contribution >= 0.6 is 0 Å². The van der Waals surface area contributed by atoms with Crippen LogP contribution in [0, 0.1) is 5.82 Å². The highest BCUT2D eigenvalue weighted by Crippen LogP contribution is 2.27. The minimum atomic E-state index is -1.41. The number of rotatable bonds is 12. The van der Waals surface area contributed by atoms with Gasteiger partial charge in [0.2, 0.25) is 5.60 Å². The van der Waals surface area contributed by atoms with E-state index in [0.29, 0.717) is 31.9 Å². The second kappa shape index (κ2) is 12.7. The van der Waals surface area contributed by atoms with Crippen molar-refractivity contribution >= 4 is 12.0 Å². The van der Waals surface area contributed by atoms with Gasteiger partial charge in [0.15, 0.2) is 11.6 Å². The van der Waals surface area contributed by atoms with Crippen LogP contribution in [0.3, 0.4) is 0 Å². The molecule has 0 aromatic heterocycles. The number of urea groups is 1. The van der Waals surface area contributed by atoms with E-state index in [4.69, 9.17) is 14.2 Å². The van der Waals surface area contributed by atoms with Crippen molar-refractivity contribution in [1.29, 1.82) is 0 Å². The van der Waals surface area contributed by atoms with Gasteiger partial charge in [-0.3, -0.25) is 0 Å². The first-order chi connectivity index (χ1) is 18.8. The van der Waals surface area contributed by atoms with Crippen LogP contribution in [0.5, 0.6) is 11.5 Å². The molecule has 1 heterocycles. The Balaban J connectivity index is 1.32. The molecule has 39 heavy (non-hydrogen) atoms. The number of carbonyl (C=O) groups is 2. The molecule has 1 fully saturated rings. The van der Waals surface area contributed by atoms with Gasteiger partial charge in [-0.15, -0.1) is 0 Å². The Kier molecular flexibility index (Phi) is 9.07. The molecule has 2 amide bonds. The molecule has 206 valence electrons. The number of hydrogen-bond acceptors (Lipinski definition) is 5. The van der Waals surface area contributed by atoms with Gasteiger partial charge in [-0.2, -0.15) is 0 Å². The van der Waals surface area contributed by atoms with Gasteiger partial charge in [-0.05, 0) is 49.2 Å². The lowest BCUT2D eigenvalue weighted by atomic mass is 9.96. The molecule has 0 radical (unpaired) electrons. The molecule has 1 aliphatic rings. The van der Waals surface area contributed by atoms with E-state index in [2.05, 4.69) is 0 Å². The van der Waals surface area contributed by atoms with E-state index < -0.39 is 17.4 Å². The summed E-state index contributed by atoms with van der Waals surface area (Å²) in [5.41, 5.74) is 0.507. The van der Waals surface area contributed by atoms with Crippen LogP contribution in [-0.2, 0) is 22.5 Å². The molecule has 0 spiro atoms. The third-order valence-electron chi connectivity index (χ3n) is 6.83. The summed E-state index contributed by atoms with van der Waals surface area (Å²) in [4.78, 5) is 29.1. The maximum atomic E-state index is 14.2. The maximum absolute atomic E-state index is 14.2. The fraction of sp³-hybridized carbons (Fsp3) is 0.355. The van der Waals surface area contributed by atoms with Crippen molar-refractivity contribution in [2.75, 3.05) is 26.8 Å². The van der Waals surface area contributed by atoms with E-state index in [1.165, 1.54) is 12.1 Å². The zero-order chi connectivity index (χ0) is 27.8. The number of amides is 2. The molecule has 8 heteroatoms. The summed E-state index contributed by atoms with van der Waals surface area (Å²) in [6, 6.07) is 23.4. The molecule has 0 aliphatic carbocycles. The van der Waals surface area contributed by atoms with Gasteiger partial charge in [-0.25, -0.2) is 14.0 Å². The molecule has 0 unspecified atom stereocenters. The predicted molar refractivity (Wildman–Crippen MR) is 146 cm³/mol. The zero-order valence-corrected chi connectivity index (χ0v) is 22.6. The molecule has 0 N–H and O–H groups in total. The highest BCUT2D eigenvalue weighted by atomic mass is 19.1. The highest BCUT2D eigenvalue weighted by molar-refractivity contribution is 5.80. The van der Waals surface area contributed by atoms with Gasteiger partial charge in [0.25, 0.3) is 0 Å². The van der Waals surface area contributed by atoms with Gasteiger partial charge in [0, 0.05) is 33.0 Å². The van der Waals surface area contributed by atoms with E-state index in [-0.39, 0.29) is 30.9 Å². The monoisotopic (exact) mass is 534 g/mol. The van der Waals surface area contributed by atoms with Gasteiger partial charge < -0.3 is 24.0 Å². The first kappa shape index (κ1) is 28.0. The molecule has 0 bridgehead atoms. The molecule has 3 aromatic rings. The van der Waals surface area contributed by atoms with Crippen LogP contribution in [0.1, 0.15) is 31.4 Å². The predicted octanol–water partition coefficient (Wildman–Crippen LogP) is 5.47. The molecule has 0 saturated carbocycles. The molecule has 3 aromatic carbocycles. The highest BCUT2D eigenvalue weighted by Gasteiger charge is 2.38. The van der Waals surface area contributed by atoms with Crippen molar-refractivity contribution in [3.05, 3.63) is 95.8 Å². The Hall–Kier alpha value is -4.07. The Morgan fingerprint density at radius 2 is 1.69 bits per heavy atom. The van der Waals surface area contributed by atoms with E-state index in [9.17, 15) is 14.0 Å². The topological polar surface area (TPSA) is 68.3 Å². The summed E-state index contributed by atoms with van der Waals surface area (Å²) < 4.78 is 31.3. The van der Waals surface area contributed by atoms with Crippen molar-refractivity contribution in [3.8, 4) is 11.5 Å². The van der Waals surface area contributed by atoms with Gasteiger partial charge in [-0.1, -0.05) is 54.6 Å². The normalized spacial score (nSPS) is 16.6. The zero-order valence-electron chi connectivity index (χ0n) is 22.6. The lowest BCUT2D eigenvalue weighted by Crippen LogP contribution is -2.45. The number of nitrogens with zero attached hydrogens (tertiary/aromatic N) is 2. The van der Waals surface area contributed by atoms with Gasteiger partial charge in [0.1, 0.15) is 5.75 Å². The largest absolute Gasteiger partial charge is 0.494 e. The van der Waals surface area contributed by atoms with E-state index in [0.717, 1.165) is 11.1 Å². The minimum Gasteiger partial charge on any atom is -0.494 e. The van der Waals surface area contributed by atoms with Gasteiger partial charge in [0.05, 0.1) is 19.3 Å². The van der Waals surface area contributed by atoms with E-state index in [1.54, 1.807) is 30.9 Å². The van der Waals surface area contributed by atoms with Crippen molar-refractivity contribution < 1.29 is 28.2 Å². The molecule has 1 saturated heterocycles. The van der Waals surface area contributed by atoms with Crippen molar-refractivity contribution in [3.63, 3.8) is 0 Å². The molecule has 2 atom stereocenters. The number of esters is 1. The molecular formula is C31H35FN2O5. The van der Waals surface area contributed by atoms with Crippen LogP contribution in [-0.4, -0.2) is 60.2 Å².